The Kier molecular flexibility index (Phi) is 3.02. The summed E-state index contributed by atoms with van der Waals surface area (Å²) in [5.74, 6) is -0.176. The summed E-state index contributed by atoms with van der Waals surface area (Å²) in [6.07, 6.45) is 7.25. The molecule has 1 aromatic heterocycles. The number of hydrogen-bond donors (Lipinski definition) is 1. The lowest BCUT2D eigenvalue weighted by atomic mass is 10.1. The Morgan fingerprint density at radius 1 is 1.17 bits per heavy atom. The maximum Gasteiger partial charge on any atom is 0.128 e. The van der Waals surface area contributed by atoms with E-state index in [1.807, 2.05) is 12.1 Å². The summed E-state index contributed by atoms with van der Waals surface area (Å²) in [6.45, 7) is 0.599. The fourth-order valence-corrected chi connectivity index (χ4v) is 1.86. The van der Waals surface area contributed by atoms with E-state index in [0.29, 0.717) is 18.2 Å². The summed E-state index contributed by atoms with van der Waals surface area (Å²) in [5.41, 5.74) is 2.35. The second-order valence-corrected chi connectivity index (χ2v) is 4.59. The van der Waals surface area contributed by atoms with Gasteiger partial charge in [0, 0.05) is 36.1 Å². The standard InChI is InChI=1S/C14H14FN3/c15-14-5-10(12-6-16-9-17-7-12)1-2-11(14)8-18-13-3-4-13/h1-2,5-7,9,13,18H,3-4,8H2. The SMILES string of the molecule is Fc1cc(-c2cncnc2)ccc1CNC1CC1. The van der Waals surface area contributed by atoms with Crippen LogP contribution < -0.4 is 5.32 Å². The highest BCUT2D eigenvalue weighted by Gasteiger charge is 2.20. The van der Waals surface area contributed by atoms with Crippen molar-refractivity contribution in [2.75, 3.05) is 0 Å². The molecule has 1 heterocycles. The van der Waals surface area contributed by atoms with Gasteiger partial charge in [0.05, 0.1) is 0 Å². The quantitative estimate of drug-likeness (QED) is 0.896. The van der Waals surface area contributed by atoms with E-state index in [1.54, 1.807) is 18.5 Å². The van der Waals surface area contributed by atoms with Crippen LogP contribution in [-0.2, 0) is 6.54 Å². The van der Waals surface area contributed by atoms with E-state index in [4.69, 9.17) is 0 Å². The lowest BCUT2D eigenvalue weighted by Crippen LogP contribution is -2.16. The Morgan fingerprint density at radius 2 is 1.94 bits per heavy atom. The number of benzene rings is 1. The third kappa shape index (κ3) is 2.54. The van der Waals surface area contributed by atoms with Crippen LogP contribution in [0.5, 0.6) is 0 Å². The van der Waals surface area contributed by atoms with Gasteiger partial charge in [0.1, 0.15) is 12.1 Å². The van der Waals surface area contributed by atoms with Crippen LogP contribution in [0, 0.1) is 5.82 Å². The zero-order chi connectivity index (χ0) is 12.4. The van der Waals surface area contributed by atoms with Gasteiger partial charge in [-0.2, -0.15) is 0 Å². The Bertz CT molecular complexity index is 538. The van der Waals surface area contributed by atoms with Crippen LogP contribution in [0.4, 0.5) is 4.39 Å². The van der Waals surface area contributed by atoms with Gasteiger partial charge in [0.25, 0.3) is 0 Å². The second-order valence-electron chi connectivity index (χ2n) is 4.59. The van der Waals surface area contributed by atoms with Gasteiger partial charge in [-0.3, -0.25) is 0 Å². The van der Waals surface area contributed by atoms with E-state index >= 15 is 0 Å². The molecule has 0 amide bonds. The number of hydrogen-bond acceptors (Lipinski definition) is 3. The molecule has 92 valence electrons. The molecule has 1 aliphatic rings. The fourth-order valence-electron chi connectivity index (χ4n) is 1.86. The molecule has 18 heavy (non-hydrogen) atoms. The van der Waals surface area contributed by atoms with E-state index in [0.717, 1.165) is 11.1 Å². The topological polar surface area (TPSA) is 37.8 Å². The highest BCUT2D eigenvalue weighted by molar-refractivity contribution is 5.61. The molecule has 0 unspecified atom stereocenters. The smallest absolute Gasteiger partial charge is 0.128 e. The van der Waals surface area contributed by atoms with Gasteiger partial charge >= 0.3 is 0 Å². The summed E-state index contributed by atoms with van der Waals surface area (Å²) in [6, 6.07) is 5.87. The summed E-state index contributed by atoms with van der Waals surface area (Å²) in [4.78, 5) is 7.87. The molecule has 1 aliphatic carbocycles. The van der Waals surface area contributed by atoms with Crippen LogP contribution in [0.2, 0.25) is 0 Å². The van der Waals surface area contributed by atoms with Crippen molar-refractivity contribution in [2.45, 2.75) is 25.4 Å². The van der Waals surface area contributed by atoms with Crippen molar-refractivity contribution in [3.05, 3.63) is 48.3 Å². The third-order valence-corrected chi connectivity index (χ3v) is 3.11. The molecule has 0 aliphatic heterocycles. The van der Waals surface area contributed by atoms with Gasteiger partial charge in [-0.15, -0.1) is 0 Å². The molecule has 1 N–H and O–H groups in total. The molecule has 4 heteroatoms. The first-order valence-electron chi connectivity index (χ1n) is 6.10. The molecular weight excluding hydrogens is 229 g/mol. The van der Waals surface area contributed by atoms with Crippen molar-refractivity contribution >= 4 is 0 Å². The molecule has 3 rings (SSSR count). The van der Waals surface area contributed by atoms with Gasteiger partial charge < -0.3 is 5.32 Å². The minimum atomic E-state index is -0.176. The van der Waals surface area contributed by atoms with Gasteiger partial charge in [-0.1, -0.05) is 12.1 Å². The van der Waals surface area contributed by atoms with Crippen LogP contribution in [0.25, 0.3) is 11.1 Å². The third-order valence-electron chi connectivity index (χ3n) is 3.11. The molecule has 1 aromatic carbocycles. The van der Waals surface area contributed by atoms with Crippen molar-refractivity contribution in [1.82, 2.24) is 15.3 Å². The number of nitrogens with one attached hydrogen (secondary N) is 1. The highest BCUT2D eigenvalue weighted by Crippen LogP contribution is 2.22. The van der Waals surface area contributed by atoms with E-state index in [2.05, 4.69) is 15.3 Å². The predicted molar refractivity (Wildman–Crippen MR) is 67.3 cm³/mol. The normalized spacial score (nSPS) is 14.7. The Morgan fingerprint density at radius 3 is 2.61 bits per heavy atom. The minimum absolute atomic E-state index is 0.176. The summed E-state index contributed by atoms with van der Waals surface area (Å²) < 4.78 is 13.9. The van der Waals surface area contributed by atoms with Crippen molar-refractivity contribution in [3.63, 3.8) is 0 Å². The zero-order valence-corrected chi connectivity index (χ0v) is 9.94. The molecule has 0 bridgehead atoms. The van der Waals surface area contributed by atoms with Gasteiger partial charge in [-0.05, 0) is 24.5 Å². The van der Waals surface area contributed by atoms with E-state index in [9.17, 15) is 4.39 Å². The van der Waals surface area contributed by atoms with Crippen LogP contribution >= 0.6 is 0 Å². The largest absolute Gasteiger partial charge is 0.310 e. The Balaban J connectivity index is 1.79. The first-order chi connectivity index (χ1) is 8.83. The number of halogens is 1. The highest BCUT2D eigenvalue weighted by atomic mass is 19.1. The maximum atomic E-state index is 13.9. The van der Waals surface area contributed by atoms with Crippen molar-refractivity contribution in [1.29, 1.82) is 0 Å². The molecule has 3 nitrogen and oxygen atoms in total. The van der Waals surface area contributed by atoms with Gasteiger partial charge in [-0.25, -0.2) is 14.4 Å². The monoisotopic (exact) mass is 243 g/mol. The molecule has 0 atom stereocenters. The predicted octanol–water partition coefficient (Wildman–Crippen LogP) is 2.53. The summed E-state index contributed by atoms with van der Waals surface area (Å²) in [7, 11) is 0. The molecule has 0 saturated heterocycles. The average molecular weight is 243 g/mol. The fraction of sp³-hybridized carbons (Fsp3) is 0.286. The molecule has 0 radical (unpaired) electrons. The van der Waals surface area contributed by atoms with Crippen molar-refractivity contribution < 1.29 is 4.39 Å². The van der Waals surface area contributed by atoms with E-state index in [-0.39, 0.29) is 5.82 Å². The van der Waals surface area contributed by atoms with Crippen molar-refractivity contribution in [3.8, 4) is 11.1 Å². The van der Waals surface area contributed by atoms with Crippen LogP contribution in [-0.4, -0.2) is 16.0 Å². The van der Waals surface area contributed by atoms with E-state index in [1.165, 1.54) is 19.2 Å². The lowest BCUT2D eigenvalue weighted by Gasteiger charge is -2.07. The molecule has 2 aromatic rings. The van der Waals surface area contributed by atoms with Crippen LogP contribution in [0.3, 0.4) is 0 Å². The Hall–Kier alpha value is -1.81. The second kappa shape index (κ2) is 4.82. The number of nitrogens with zero attached hydrogens (tertiary/aromatic N) is 2. The molecular formula is C14H14FN3. The first-order valence-corrected chi connectivity index (χ1v) is 6.10. The van der Waals surface area contributed by atoms with Gasteiger partial charge in [0.2, 0.25) is 0 Å². The maximum absolute atomic E-state index is 13.9. The Labute approximate surface area is 105 Å². The van der Waals surface area contributed by atoms with E-state index < -0.39 is 0 Å². The molecule has 1 fully saturated rings. The molecule has 1 saturated carbocycles. The van der Waals surface area contributed by atoms with Gasteiger partial charge in [0.15, 0.2) is 0 Å². The lowest BCUT2D eigenvalue weighted by molar-refractivity contribution is 0.587. The van der Waals surface area contributed by atoms with Crippen LogP contribution in [0.1, 0.15) is 18.4 Å². The number of aromatic nitrogens is 2. The summed E-state index contributed by atoms with van der Waals surface area (Å²) in [5, 5.41) is 3.31. The average Bonchev–Trinajstić information content (AvgIpc) is 3.22. The van der Waals surface area contributed by atoms with Crippen molar-refractivity contribution in [2.24, 2.45) is 0 Å². The van der Waals surface area contributed by atoms with Crippen LogP contribution in [0.15, 0.2) is 36.9 Å². The summed E-state index contributed by atoms with van der Waals surface area (Å²) >= 11 is 0. The zero-order valence-electron chi connectivity index (χ0n) is 9.94. The molecule has 0 spiro atoms. The number of rotatable bonds is 4. The first kappa shape index (κ1) is 11.3. The minimum Gasteiger partial charge on any atom is -0.310 e.